The third-order valence-electron chi connectivity index (χ3n) is 2.65. The van der Waals surface area contributed by atoms with Crippen molar-refractivity contribution in [2.45, 2.75) is 13.1 Å². The van der Waals surface area contributed by atoms with E-state index in [1.807, 2.05) is 17.8 Å². The predicted molar refractivity (Wildman–Crippen MR) is 71.1 cm³/mol. The SMILES string of the molecule is Cn1ccnc1CNc1cnn(CCO)c(=O)c1Cl. The van der Waals surface area contributed by atoms with Crippen molar-refractivity contribution in [3.63, 3.8) is 0 Å². The van der Waals surface area contributed by atoms with Gasteiger partial charge in [-0.15, -0.1) is 0 Å². The van der Waals surface area contributed by atoms with Gasteiger partial charge in [0, 0.05) is 19.4 Å². The Balaban J connectivity index is 2.16. The smallest absolute Gasteiger partial charge is 0.287 e. The highest BCUT2D eigenvalue weighted by molar-refractivity contribution is 6.32. The molecule has 0 fully saturated rings. The predicted octanol–water partition coefficient (Wildman–Crippen LogP) is 0.235. The van der Waals surface area contributed by atoms with Gasteiger partial charge in [0.05, 0.1) is 31.6 Å². The lowest BCUT2D eigenvalue weighted by Gasteiger charge is -2.09. The molecule has 2 rings (SSSR count). The Morgan fingerprint density at radius 1 is 1.53 bits per heavy atom. The number of imidazole rings is 1. The largest absolute Gasteiger partial charge is 0.394 e. The van der Waals surface area contributed by atoms with Crippen LogP contribution in [0.15, 0.2) is 23.4 Å². The number of hydrogen-bond donors (Lipinski definition) is 2. The monoisotopic (exact) mass is 283 g/mol. The second-order valence-electron chi connectivity index (χ2n) is 3.93. The van der Waals surface area contributed by atoms with E-state index in [0.717, 1.165) is 10.5 Å². The van der Waals surface area contributed by atoms with Gasteiger partial charge in [-0.1, -0.05) is 11.6 Å². The van der Waals surface area contributed by atoms with E-state index in [1.165, 1.54) is 6.20 Å². The molecule has 0 unspecified atom stereocenters. The minimum absolute atomic E-state index is 0.0534. The van der Waals surface area contributed by atoms with Gasteiger partial charge >= 0.3 is 0 Å². The van der Waals surface area contributed by atoms with Crippen LogP contribution in [0.3, 0.4) is 0 Å². The average Bonchev–Trinajstić information content (AvgIpc) is 2.80. The molecule has 0 aliphatic heterocycles. The van der Waals surface area contributed by atoms with E-state index >= 15 is 0 Å². The highest BCUT2D eigenvalue weighted by atomic mass is 35.5. The summed E-state index contributed by atoms with van der Waals surface area (Å²) >= 11 is 5.97. The van der Waals surface area contributed by atoms with Gasteiger partial charge < -0.3 is 15.0 Å². The van der Waals surface area contributed by atoms with E-state index < -0.39 is 5.56 Å². The van der Waals surface area contributed by atoms with Crippen molar-refractivity contribution in [2.75, 3.05) is 11.9 Å². The molecule has 2 aromatic heterocycles. The number of nitrogens with zero attached hydrogens (tertiary/aromatic N) is 4. The summed E-state index contributed by atoms with van der Waals surface area (Å²) in [5.74, 6) is 0.815. The summed E-state index contributed by atoms with van der Waals surface area (Å²) in [7, 11) is 1.88. The number of aliphatic hydroxyl groups excluding tert-OH is 1. The van der Waals surface area contributed by atoms with Crippen molar-refractivity contribution in [3.8, 4) is 0 Å². The summed E-state index contributed by atoms with van der Waals surface area (Å²) in [6.07, 6.45) is 4.98. The molecule has 7 nitrogen and oxygen atoms in total. The summed E-state index contributed by atoms with van der Waals surface area (Å²) in [6.45, 7) is 0.399. The van der Waals surface area contributed by atoms with Gasteiger partial charge in [0.2, 0.25) is 0 Å². The first kappa shape index (κ1) is 13.6. The van der Waals surface area contributed by atoms with Crippen molar-refractivity contribution < 1.29 is 5.11 Å². The van der Waals surface area contributed by atoms with E-state index in [2.05, 4.69) is 15.4 Å². The summed E-state index contributed by atoms with van der Waals surface area (Å²) in [5, 5.41) is 15.8. The number of rotatable bonds is 5. The molecular formula is C11H14ClN5O2. The first-order valence-corrected chi connectivity index (χ1v) is 6.08. The van der Waals surface area contributed by atoms with Crippen LogP contribution in [0.1, 0.15) is 5.82 Å². The third-order valence-corrected chi connectivity index (χ3v) is 3.02. The number of halogens is 1. The fraction of sp³-hybridized carbons (Fsp3) is 0.364. The Morgan fingerprint density at radius 2 is 2.32 bits per heavy atom. The van der Waals surface area contributed by atoms with E-state index in [4.69, 9.17) is 16.7 Å². The lowest BCUT2D eigenvalue weighted by Crippen LogP contribution is -2.25. The summed E-state index contributed by atoms with van der Waals surface area (Å²) < 4.78 is 2.98. The molecule has 0 aliphatic carbocycles. The van der Waals surface area contributed by atoms with Gasteiger partial charge in [-0.3, -0.25) is 4.79 Å². The summed E-state index contributed by atoms with van der Waals surface area (Å²) in [6, 6.07) is 0. The Labute approximate surface area is 114 Å². The van der Waals surface area contributed by atoms with Gasteiger partial charge in [-0.2, -0.15) is 5.10 Å². The van der Waals surface area contributed by atoms with Crippen LogP contribution in [0.25, 0.3) is 0 Å². The Kier molecular flexibility index (Phi) is 4.18. The van der Waals surface area contributed by atoms with Gasteiger partial charge in [0.1, 0.15) is 10.8 Å². The lowest BCUT2D eigenvalue weighted by atomic mass is 10.4. The highest BCUT2D eigenvalue weighted by Gasteiger charge is 2.09. The quantitative estimate of drug-likeness (QED) is 0.821. The summed E-state index contributed by atoms with van der Waals surface area (Å²) in [5.41, 5.74) is 0.0180. The topological polar surface area (TPSA) is 85.0 Å². The minimum Gasteiger partial charge on any atom is -0.394 e. The Hall–Kier alpha value is -1.86. The molecule has 0 aliphatic rings. The van der Waals surface area contributed by atoms with Crippen LogP contribution < -0.4 is 10.9 Å². The van der Waals surface area contributed by atoms with Crippen molar-refractivity contribution in [1.29, 1.82) is 0 Å². The van der Waals surface area contributed by atoms with Crippen LogP contribution >= 0.6 is 11.6 Å². The molecule has 0 radical (unpaired) electrons. The van der Waals surface area contributed by atoms with Crippen LogP contribution in [0.2, 0.25) is 5.02 Å². The molecule has 2 aromatic rings. The molecule has 0 saturated heterocycles. The molecule has 2 N–H and O–H groups in total. The molecule has 0 atom stereocenters. The fourth-order valence-electron chi connectivity index (χ4n) is 1.58. The Morgan fingerprint density at radius 3 is 2.95 bits per heavy atom. The summed E-state index contributed by atoms with van der Waals surface area (Å²) in [4.78, 5) is 16.0. The average molecular weight is 284 g/mol. The molecule has 0 bridgehead atoms. The third kappa shape index (κ3) is 2.94. The molecule has 2 heterocycles. The number of hydrogen-bond acceptors (Lipinski definition) is 5. The fourth-order valence-corrected chi connectivity index (χ4v) is 1.80. The normalized spacial score (nSPS) is 10.7. The number of aliphatic hydroxyl groups is 1. The zero-order valence-electron chi connectivity index (χ0n) is 10.4. The molecule has 19 heavy (non-hydrogen) atoms. The maximum Gasteiger partial charge on any atom is 0.287 e. The van der Waals surface area contributed by atoms with Crippen LogP contribution in [-0.4, -0.2) is 31.0 Å². The van der Waals surface area contributed by atoms with Crippen molar-refractivity contribution >= 4 is 17.3 Å². The lowest BCUT2D eigenvalue weighted by molar-refractivity contribution is 0.266. The minimum atomic E-state index is -0.430. The van der Waals surface area contributed by atoms with Gasteiger partial charge in [-0.05, 0) is 0 Å². The molecule has 0 amide bonds. The zero-order valence-corrected chi connectivity index (χ0v) is 11.1. The van der Waals surface area contributed by atoms with E-state index in [-0.39, 0.29) is 18.2 Å². The van der Waals surface area contributed by atoms with Crippen LogP contribution in [-0.2, 0) is 20.1 Å². The zero-order chi connectivity index (χ0) is 13.8. The van der Waals surface area contributed by atoms with Crippen LogP contribution in [0, 0.1) is 0 Å². The maximum atomic E-state index is 11.8. The standard InChI is InChI=1S/C11H14ClN5O2/c1-16-3-2-13-9(16)7-14-8-6-15-17(4-5-18)11(19)10(8)12/h2-3,6,14,18H,4-5,7H2,1H3. The van der Waals surface area contributed by atoms with E-state index in [0.29, 0.717) is 12.2 Å². The van der Waals surface area contributed by atoms with Crippen LogP contribution in [0.4, 0.5) is 5.69 Å². The van der Waals surface area contributed by atoms with Crippen molar-refractivity contribution in [2.24, 2.45) is 7.05 Å². The molecule has 0 saturated carbocycles. The molecule has 102 valence electrons. The molecular weight excluding hydrogens is 270 g/mol. The number of aryl methyl sites for hydroxylation is 1. The van der Waals surface area contributed by atoms with Gasteiger partial charge in [0.25, 0.3) is 5.56 Å². The van der Waals surface area contributed by atoms with E-state index in [1.54, 1.807) is 6.20 Å². The van der Waals surface area contributed by atoms with E-state index in [9.17, 15) is 4.79 Å². The van der Waals surface area contributed by atoms with Crippen LogP contribution in [0.5, 0.6) is 0 Å². The molecule has 0 aromatic carbocycles. The van der Waals surface area contributed by atoms with Gasteiger partial charge in [0.15, 0.2) is 0 Å². The van der Waals surface area contributed by atoms with Crippen molar-refractivity contribution in [1.82, 2.24) is 19.3 Å². The molecule has 8 heteroatoms. The first-order valence-electron chi connectivity index (χ1n) is 5.70. The molecule has 0 spiro atoms. The second kappa shape index (κ2) is 5.85. The second-order valence-corrected chi connectivity index (χ2v) is 4.31. The number of anilines is 1. The van der Waals surface area contributed by atoms with Crippen molar-refractivity contribution in [3.05, 3.63) is 39.8 Å². The number of nitrogens with one attached hydrogen (secondary N) is 1. The number of aromatic nitrogens is 4. The first-order chi connectivity index (χ1) is 9.13. The van der Waals surface area contributed by atoms with Gasteiger partial charge in [-0.25, -0.2) is 9.67 Å². The maximum absolute atomic E-state index is 11.8. The Bertz CT molecular complexity index is 622. The highest BCUT2D eigenvalue weighted by Crippen LogP contribution is 2.15.